The van der Waals surface area contributed by atoms with E-state index in [1.54, 1.807) is 23.3 Å². The second-order valence-corrected chi connectivity index (χ2v) is 7.50. The molecule has 4 heterocycles. The van der Waals surface area contributed by atoms with Crippen LogP contribution in [-0.4, -0.2) is 37.6 Å². The number of rotatable bonds is 3. The molecular formula is C22H20N6O. The van der Waals surface area contributed by atoms with Crippen LogP contribution in [-0.2, 0) is 20.1 Å². The molecule has 0 spiro atoms. The molecule has 1 aromatic carbocycles. The molecule has 0 radical (unpaired) electrons. The summed E-state index contributed by atoms with van der Waals surface area (Å²) in [5, 5.41) is 8.03. The first-order chi connectivity index (χ1) is 14.0. The number of hydrogen-bond donors (Lipinski definition) is 1. The highest BCUT2D eigenvalue weighted by molar-refractivity contribution is 6.04. The number of amides is 1. The third-order valence-corrected chi connectivity index (χ3v) is 5.20. The van der Waals surface area contributed by atoms with Gasteiger partial charge in [-0.05, 0) is 42.4 Å². The number of nitrogens with zero attached hydrogens (tertiary/aromatic N) is 5. The molecule has 3 aromatic heterocycles. The zero-order valence-electron chi connectivity index (χ0n) is 16.3. The van der Waals surface area contributed by atoms with E-state index in [-0.39, 0.29) is 5.91 Å². The van der Waals surface area contributed by atoms with Crippen LogP contribution in [0.1, 0.15) is 21.5 Å². The van der Waals surface area contributed by atoms with Crippen molar-refractivity contribution >= 4 is 22.6 Å². The van der Waals surface area contributed by atoms with E-state index in [9.17, 15) is 4.79 Å². The van der Waals surface area contributed by atoms with Crippen LogP contribution in [0.15, 0.2) is 55.1 Å². The number of aromatic nitrogens is 4. The van der Waals surface area contributed by atoms with Crippen molar-refractivity contribution in [1.82, 2.24) is 24.6 Å². The van der Waals surface area contributed by atoms with Gasteiger partial charge in [0.1, 0.15) is 5.82 Å². The number of nitrogens with one attached hydrogen (secondary N) is 1. The summed E-state index contributed by atoms with van der Waals surface area (Å²) in [6.45, 7) is 1.79. The number of pyridine rings is 2. The molecule has 4 aromatic rings. The highest BCUT2D eigenvalue weighted by atomic mass is 16.1. The molecule has 0 saturated heterocycles. The maximum absolute atomic E-state index is 12.7. The minimum absolute atomic E-state index is 0.162. The molecule has 0 atom stereocenters. The zero-order chi connectivity index (χ0) is 20.0. The van der Waals surface area contributed by atoms with Crippen molar-refractivity contribution in [1.29, 1.82) is 0 Å². The molecule has 1 aliphatic rings. The lowest BCUT2D eigenvalue weighted by atomic mass is 10.1. The van der Waals surface area contributed by atoms with Crippen molar-refractivity contribution in [3.63, 3.8) is 0 Å². The van der Waals surface area contributed by atoms with Crippen LogP contribution in [0.4, 0.5) is 5.82 Å². The fourth-order valence-electron chi connectivity index (χ4n) is 3.72. The van der Waals surface area contributed by atoms with E-state index in [0.717, 1.165) is 35.1 Å². The largest absolute Gasteiger partial charge is 0.307 e. The zero-order valence-corrected chi connectivity index (χ0v) is 16.3. The molecule has 0 fully saturated rings. The van der Waals surface area contributed by atoms with Crippen LogP contribution < -0.4 is 5.32 Å². The molecule has 0 unspecified atom stereocenters. The Morgan fingerprint density at radius 3 is 2.66 bits per heavy atom. The lowest BCUT2D eigenvalue weighted by Crippen LogP contribution is -2.13. The first kappa shape index (κ1) is 17.5. The number of carbonyl (C=O) groups is 1. The molecule has 0 bridgehead atoms. The van der Waals surface area contributed by atoms with Crippen LogP contribution in [0.25, 0.3) is 22.0 Å². The Hall–Kier alpha value is -3.58. The summed E-state index contributed by atoms with van der Waals surface area (Å²) in [4.78, 5) is 23.8. The molecule has 0 aliphatic carbocycles. The van der Waals surface area contributed by atoms with Crippen molar-refractivity contribution < 1.29 is 4.79 Å². The van der Waals surface area contributed by atoms with Gasteiger partial charge in [-0.3, -0.25) is 19.4 Å². The van der Waals surface area contributed by atoms with E-state index in [1.807, 2.05) is 43.6 Å². The highest BCUT2D eigenvalue weighted by Crippen LogP contribution is 2.25. The predicted octanol–water partition coefficient (Wildman–Crippen LogP) is 3.23. The van der Waals surface area contributed by atoms with Gasteiger partial charge in [0, 0.05) is 54.6 Å². The molecular weight excluding hydrogens is 364 g/mol. The van der Waals surface area contributed by atoms with Gasteiger partial charge < -0.3 is 5.32 Å². The second kappa shape index (κ2) is 6.79. The summed E-state index contributed by atoms with van der Waals surface area (Å²) in [6, 6.07) is 9.75. The van der Waals surface area contributed by atoms with Crippen molar-refractivity contribution in [2.24, 2.45) is 7.05 Å². The molecule has 0 saturated carbocycles. The number of carbonyl (C=O) groups excluding carboxylic acids is 1. The van der Waals surface area contributed by atoms with E-state index in [2.05, 4.69) is 32.3 Å². The summed E-state index contributed by atoms with van der Waals surface area (Å²) in [5.74, 6) is 0.343. The molecule has 144 valence electrons. The number of benzene rings is 1. The van der Waals surface area contributed by atoms with Crippen molar-refractivity contribution in [3.05, 3.63) is 71.8 Å². The van der Waals surface area contributed by atoms with Gasteiger partial charge in [-0.2, -0.15) is 5.10 Å². The fraction of sp³-hybridized carbons (Fsp3) is 0.182. The summed E-state index contributed by atoms with van der Waals surface area (Å²) < 4.78 is 1.76. The van der Waals surface area contributed by atoms with E-state index in [4.69, 9.17) is 0 Å². The predicted molar refractivity (Wildman–Crippen MR) is 111 cm³/mol. The lowest BCUT2D eigenvalue weighted by Gasteiger charge is -2.08. The maximum atomic E-state index is 12.7. The van der Waals surface area contributed by atoms with Crippen LogP contribution in [0.3, 0.4) is 0 Å². The molecule has 1 N–H and O–H groups in total. The van der Waals surface area contributed by atoms with Crippen molar-refractivity contribution in [2.75, 3.05) is 12.4 Å². The van der Waals surface area contributed by atoms with Crippen LogP contribution in [0, 0.1) is 0 Å². The van der Waals surface area contributed by atoms with Crippen LogP contribution in [0.5, 0.6) is 0 Å². The van der Waals surface area contributed by atoms with Crippen molar-refractivity contribution in [2.45, 2.75) is 13.1 Å². The van der Waals surface area contributed by atoms with Crippen molar-refractivity contribution in [3.8, 4) is 11.1 Å². The summed E-state index contributed by atoms with van der Waals surface area (Å²) in [5.41, 5.74) is 5.86. The molecule has 5 rings (SSSR count). The molecule has 7 nitrogen and oxygen atoms in total. The Morgan fingerprint density at radius 2 is 1.83 bits per heavy atom. The second-order valence-electron chi connectivity index (χ2n) is 7.50. The third kappa shape index (κ3) is 3.36. The third-order valence-electron chi connectivity index (χ3n) is 5.20. The maximum Gasteiger partial charge on any atom is 0.256 e. The molecule has 1 aliphatic heterocycles. The average Bonchev–Trinajstić information content (AvgIpc) is 3.31. The van der Waals surface area contributed by atoms with Gasteiger partial charge >= 0.3 is 0 Å². The van der Waals surface area contributed by atoms with Crippen LogP contribution in [0.2, 0.25) is 0 Å². The minimum Gasteiger partial charge on any atom is -0.307 e. The Labute approximate surface area is 168 Å². The average molecular weight is 384 g/mol. The van der Waals surface area contributed by atoms with Gasteiger partial charge in [0.15, 0.2) is 0 Å². The number of fused-ring (bicyclic) bond motifs is 2. The number of hydrogen-bond acceptors (Lipinski definition) is 5. The highest BCUT2D eigenvalue weighted by Gasteiger charge is 2.17. The minimum atomic E-state index is -0.162. The summed E-state index contributed by atoms with van der Waals surface area (Å²) in [6.07, 6.45) is 7.23. The SMILES string of the molecule is CN1Cc2ccc(C(=O)Nc3cc4cc(-c5cnn(C)c5)cnc4cn3)cc2C1. The van der Waals surface area contributed by atoms with E-state index < -0.39 is 0 Å². The molecule has 29 heavy (non-hydrogen) atoms. The van der Waals surface area contributed by atoms with Gasteiger partial charge in [0.2, 0.25) is 0 Å². The lowest BCUT2D eigenvalue weighted by molar-refractivity contribution is 0.102. The molecule has 7 heteroatoms. The van der Waals surface area contributed by atoms with Gasteiger partial charge in [-0.1, -0.05) is 6.07 Å². The Kier molecular flexibility index (Phi) is 4.10. The van der Waals surface area contributed by atoms with E-state index in [0.29, 0.717) is 11.4 Å². The quantitative estimate of drug-likeness (QED) is 0.587. The van der Waals surface area contributed by atoms with Gasteiger partial charge in [0.25, 0.3) is 5.91 Å². The summed E-state index contributed by atoms with van der Waals surface area (Å²) in [7, 11) is 3.96. The smallest absolute Gasteiger partial charge is 0.256 e. The van der Waals surface area contributed by atoms with E-state index in [1.165, 1.54) is 11.1 Å². The summed E-state index contributed by atoms with van der Waals surface area (Å²) >= 11 is 0. The Balaban J connectivity index is 1.41. The van der Waals surface area contributed by atoms with Gasteiger partial charge in [-0.15, -0.1) is 0 Å². The normalized spacial score (nSPS) is 13.6. The number of anilines is 1. The fourth-order valence-corrected chi connectivity index (χ4v) is 3.72. The Morgan fingerprint density at radius 1 is 0.966 bits per heavy atom. The monoisotopic (exact) mass is 384 g/mol. The Bertz CT molecular complexity index is 1250. The first-order valence-corrected chi connectivity index (χ1v) is 9.42. The van der Waals surface area contributed by atoms with E-state index >= 15 is 0 Å². The standard InChI is InChI=1S/C22H20N6O/c1-27-11-15-4-3-14(5-18(15)12-27)22(29)26-21-7-16-6-17(8-23-20(16)10-24-21)19-9-25-28(2)13-19/h3-10,13H,11-12H2,1-2H3,(H,24,26,29). The molecule has 1 amide bonds. The van der Waals surface area contributed by atoms with Gasteiger partial charge in [-0.25, -0.2) is 4.98 Å². The van der Waals surface area contributed by atoms with Crippen LogP contribution >= 0.6 is 0 Å². The van der Waals surface area contributed by atoms with Gasteiger partial charge in [0.05, 0.1) is 17.9 Å². The number of aryl methyl sites for hydroxylation is 1. The topological polar surface area (TPSA) is 75.9 Å². The first-order valence-electron chi connectivity index (χ1n) is 9.42.